The number of imidazole rings is 1. The highest BCUT2D eigenvalue weighted by Gasteiger charge is 2.29. The molecule has 2 aliphatic heterocycles. The second-order valence-corrected chi connectivity index (χ2v) is 11.7. The molecule has 2 saturated heterocycles. The van der Waals surface area contributed by atoms with Crippen LogP contribution < -0.4 is 5.32 Å². The fourth-order valence-corrected chi connectivity index (χ4v) is 6.47. The number of aryl methyl sites for hydroxylation is 1. The highest BCUT2D eigenvalue weighted by molar-refractivity contribution is 7.89. The third kappa shape index (κ3) is 5.52. The van der Waals surface area contributed by atoms with Crippen molar-refractivity contribution in [2.24, 2.45) is 0 Å². The molecule has 0 radical (unpaired) electrons. The Morgan fingerprint density at radius 2 is 1.95 bits per heavy atom. The Morgan fingerprint density at radius 1 is 1.16 bits per heavy atom. The maximum absolute atomic E-state index is 14.7. The quantitative estimate of drug-likeness (QED) is 0.500. The third-order valence-corrected chi connectivity index (χ3v) is 9.04. The van der Waals surface area contributed by atoms with Gasteiger partial charge in [0.15, 0.2) is 5.82 Å². The van der Waals surface area contributed by atoms with E-state index >= 15 is 0 Å². The fraction of sp³-hybridized carbons (Fsp3) is 0.480. The normalized spacial score (nSPS) is 21.7. The van der Waals surface area contributed by atoms with E-state index in [1.54, 1.807) is 31.3 Å². The van der Waals surface area contributed by atoms with Gasteiger partial charge in [0.05, 0.1) is 29.1 Å². The van der Waals surface area contributed by atoms with Gasteiger partial charge in [0.2, 0.25) is 16.0 Å². The summed E-state index contributed by atoms with van der Waals surface area (Å²) in [4.78, 5) is 18.5. The van der Waals surface area contributed by atoms with Gasteiger partial charge in [-0.3, -0.25) is 0 Å². The van der Waals surface area contributed by atoms with E-state index in [2.05, 4.69) is 30.2 Å². The van der Waals surface area contributed by atoms with Crippen LogP contribution in [0.5, 0.6) is 0 Å². The van der Waals surface area contributed by atoms with Crippen LogP contribution in [0.15, 0.2) is 35.5 Å². The minimum absolute atomic E-state index is 0.113. The van der Waals surface area contributed by atoms with Crippen LogP contribution in [0.25, 0.3) is 11.4 Å². The number of benzene rings is 1. The number of likely N-dealkylation sites (N-methyl/N-ethyl adjacent to an activating group) is 1. The Morgan fingerprint density at radius 3 is 2.68 bits per heavy atom. The number of rotatable bonds is 6. The molecule has 2 atom stereocenters. The molecular formula is C25H32FN7O3S. The summed E-state index contributed by atoms with van der Waals surface area (Å²) in [6, 6.07) is 4.99. The Balaban J connectivity index is 1.33. The van der Waals surface area contributed by atoms with Gasteiger partial charge in [-0.15, -0.1) is 0 Å². The lowest BCUT2D eigenvalue weighted by molar-refractivity contribution is 0.0174. The number of hydrogen-bond donors (Lipinski definition) is 2. The molecule has 0 spiro atoms. The number of nitrogens with one attached hydrogen (secondary N) is 2. The van der Waals surface area contributed by atoms with Crippen molar-refractivity contribution >= 4 is 21.7 Å². The molecule has 198 valence electrons. The molecule has 10 nitrogen and oxygen atoms in total. The standard InChI is InChI=1S/C25H32FN7O3S/c1-16-12-19(4-5-22(16)37(34,35)33-9-7-32(3)8-10-33)29-25-28-14-20(26)23(31-25)21-15-27-24(30-21)18-6-11-36-17(2)13-18/h4-5,12,14-15,17-18H,6-11,13H2,1-3H3,(H,27,30)(H,28,29,31). The SMILES string of the molecule is Cc1cc(Nc2ncc(F)c(-c3cnc(C4CCOC(C)C4)[nH]3)n2)ccc1S(=O)(=O)N1CCN(C)CC1. The van der Waals surface area contributed by atoms with Crippen molar-refractivity contribution in [1.29, 1.82) is 0 Å². The molecule has 12 heteroatoms. The fourth-order valence-electron chi connectivity index (χ4n) is 4.84. The van der Waals surface area contributed by atoms with E-state index in [4.69, 9.17) is 4.74 Å². The van der Waals surface area contributed by atoms with Gasteiger partial charge in [0, 0.05) is 44.4 Å². The van der Waals surface area contributed by atoms with Crippen LogP contribution in [-0.2, 0) is 14.8 Å². The summed E-state index contributed by atoms with van der Waals surface area (Å²) < 4.78 is 48.1. The summed E-state index contributed by atoms with van der Waals surface area (Å²) >= 11 is 0. The number of piperazine rings is 1. The number of nitrogens with zero attached hydrogens (tertiary/aromatic N) is 5. The van der Waals surface area contributed by atoms with Crippen LogP contribution in [0.1, 0.15) is 37.1 Å². The maximum Gasteiger partial charge on any atom is 0.243 e. The second kappa shape index (κ2) is 10.4. The number of ether oxygens (including phenoxy) is 1. The number of aromatic amines is 1. The van der Waals surface area contributed by atoms with Gasteiger partial charge in [0.25, 0.3) is 0 Å². The number of H-pyrrole nitrogens is 1. The van der Waals surface area contributed by atoms with Crippen molar-refractivity contribution in [1.82, 2.24) is 29.1 Å². The number of hydrogen-bond acceptors (Lipinski definition) is 8. The molecule has 2 aromatic heterocycles. The first-order valence-electron chi connectivity index (χ1n) is 12.5. The lowest BCUT2D eigenvalue weighted by Crippen LogP contribution is -2.47. The van der Waals surface area contributed by atoms with Crippen LogP contribution in [0.4, 0.5) is 16.0 Å². The number of aromatic nitrogens is 4. The van der Waals surface area contributed by atoms with E-state index in [0.29, 0.717) is 49.7 Å². The van der Waals surface area contributed by atoms with Gasteiger partial charge >= 0.3 is 0 Å². The number of sulfonamides is 1. The Bertz CT molecular complexity index is 1370. The molecule has 0 aliphatic carbocycles. The predicted molar refractivity (Wildman–Crippen MR) is 138 cm³/mol. The molecular weight excluding hydrogens is 497 g/mol. The van der Waals surface area contributed by atoms with E-state index in [9.17, 15) is 12.8 Å². The third-order valence-electron chi connectivity index (χ3n) is 6.98. The number of halogens is 1. The van der Waals surface area contributed by atoms with Crippen molar-refractivity contribution in [3.05, 3.63) is 47.8 Å². The van der Waals surface area contributed by atoms with Crippen LogP contribution in [0, 0.1) is 12.7 Å². The van der Waals surface area contributed by atoms with Gasteiger partial charge in [-0.05, 0) is 57.5 Å². The molecule has 2 fully saturated rings. The summed E-state index contributed by atoms with van der Waals surface area (Å²) in [6.07, 6.45) is 4.57. The first kappa shape index (κ1) is 25.7. The van der Waals surface area contributed by atoms with Gasteiger partial charge in [-0.1, -0.05) is 0 Å². The summed E-state index contributed by atoms with van der Waals surface area (Å²) in [5.41, 5.74) is 1.80. The zero-order valence-corrected chi connectivity index (χ0v) is 22.1. The highest BCUT2D eigenvalue weighted by Crippen LogP contribution is 2.30. The van der Waals surface area contributed by atoms with Crippen molar-refractivity contribution in [3.8, 4) is 11.4 Å². The Kier molecular flexibility index (Phi) is 7.26. The molecule has 0 bridgehead atoms. The van der Waals surface area contributed by atoms with Crippen molar-refractivity contribution < 1.29 is 17.5 Å². The minimum Gasteiger partial charge on any atom is -0.378 e. The van der Waals surface area contributed by atoms with Crippen LogP contribution in [0.2, 0.25) is 0 Å². The molecule has 3 aromatic rings. The summed E-state index contributed by atoms with van der Waals surface area (Å²) in [5.74, 6) is 0.654. The van der Waals surface area contributed by atoms with Crippen LogP contribution in [-0.4, -0.2) is 83.5 Å². The topological polar surface area (TPSA) is 116 Å². The summed E-state index contributed by atoms with van der Waals surface area (Å²) in [6.45, 7) is 6.80. The van der Waals surface area contributed by atoms with E-state index < -0.39 is 15.8 Å². The summed E-state index contributed by atoms with van der Waals surface area (Å²) in [5, 5.41) is 3.07. The summed E-state index contributed by atoms with van der Waals surface area (Å²) in [7, 11) is -1.60. The smallest absolute Gasteiger partial charge is 0.243 e. The first-order valence-corrected chi connectivity index (χ1v) is 13.9. The van der Waals surface area contributed by atoms with E-state index in [1.807, 2.05) is 14.0 Å². The average molecular weight is 530 g/mol. The van der Waals surface area contributed by atoms with Crippen molar-refractivity contribution in [2.45, 2.75) is 43.6 Å². The average Bonchev–Trinajstić information content (AvgIpc) is 3.36. The second-order valence-electron chi connectivity index (χ2n) is 9.79. The first-order chi connectivity index (χ1) is 17.7. The maximum atomic E-state index is 14.7. The molecule has 1 aromatic carbocycles. The molecule has 2 aliphatic rings. The van der Waals surface area contributed by atoms with Gasteiger partial charge < -0.3 is 19.9 Å². The van der Waals surface area contributed by atoms with E-state index in [0.717, 1.165) is 24.9 Å². The number of anilines is 2. The van der Waals surface area contributed by atoms with Crippen LogP contribution in [0.3, 0.4) is 0 Å². The molecule has 4 heterocycles. The Labute approximate surface area is 216 Å². The van der Waals surface area contributed by atoms with Crippen molar-refractivity contribution in [3.63, 3.8) is 0 Å². The van der Waals surface area contributed by atoms with Crippen molar-refractivity contribution in [2.75, 3.05) is 45.2 Å². The van der Waals surface area contributed by atoms with Gasteiger partial charge in [-0.25, -0.2) is 27.8 Å². The minimum atomic E-state index is -3.59. The molecule has 2 N–H and O–H groups in total. The molecule has 5 rings (SSSR count). The molecule has 2 unspecified atom stereocenters. The monoisotopic (exact) mass is 529 g/mol. The lowest BCUT2D eigenvalue weighted by Gasteiger charge is -2.31. The lowest BCUT2D eigenvalue weighted by atomic mass is 9.96. The molecule has 0 amide bonds. The zero-order valence-electron chi connectivity index (χ0n) is 21.2. The largest absolute Gasteiger partial charge is 0.378 e. The van der Waals surface area contributed by atoms with E-state index in [-0.39, 0.29) is 28.6 Å². The van der Waals surface area contributed by atoms with Crippen LogP contribution >= 0.6 is 0 Å². The van der Waals surface area contributed by atoms with Gasteiger partial charge in [0.1, 0.15) is 11.5 Å². The molecule has 0 saturated carbocycles. The van der Waals surface area contributed by atoms with E-state index in [1.165, 1.54) is 4.31 Å². The predicted octanol–water partition coefficient (Wildman–Crippen LogP) is 3.28. The molecule has 37 heavy (non-hydrogen) atoms. The zero-order chi connectivity index (χ0) is 26.2. The Hall–Kier alpha value is -2.93. The van der Waals surface area contributed by atoms with Gasteiger partial charge in [-0.2, -0.15) is 4.31 Å². The highest BCUT2D eigenvalue weighted by atomic mass is 32.2.